The number of halogens is 1. The molecule has 0 aromatic carbocycles. The minimum absolute atomic E-state index is 0. The Kier molecular flexibility index (Phi) is 10.4. The van der Waals surface area contributed by atoms with Gasteiger partial charge in [0.15, 0.2) is 5.96 Å². The Balaban J connectivity index is 0.00000320. The first-order valence-corrected chi connectivity index (χ1v) is 10.4. The quantitative estimate of drug-likeness (QED) is 0.352. The van der Waals surface area contributed by atoms with Crippen molar-refractivity contribution >= 4 is 41.8 Å². The molecule has 2 aliphatic heterocycles. The van der Waals surface area contributed by atoms with E-state index < -0.39 is 0 Å². The molecule has 1 amide bonds. The fourth-order valence-corrected chi connectivity index (χ4v) is 3.52. The Morgan fingerprint density at radius 3 is 2.53 bits per heavy atom. The molecule has 2 saturated heterocycles. The van der Waals surface area contributed by atoms with Crippen molar-refractivity contribution in [3.05, 3.63) is 23.9 Å². The number of aliphatic imine (C=N–C) groups is 1. The van der Waals surface area contributed by atoms with Crippen LogP contribution < -0.4 is 10.2 Å². The SMILES string of the molecule is CCNC(=NCc1cccnc1N1CCOCC1)N1CCN(C(=O)OCC)CC1.I. The number of ether oxygens (including phenoxy) is 2. The van der Waals surface area contributed by atoms with Gasteiger partial charge < -0.3 is 29.5 Å². The first kappa shape index (κ1) is 24.4. The molecule has 2 aliphatic rings. The van der Waals surface area contributed by atoms with Crippen LogP contribution in [0.1, 0.15) is 19.4 Å². The molecular weight excluding hydrogens is 499 g/mol. The van der Waals surface area contributed by atoms with Gasteiger partial charge in [-0.3, -0.25) is 0 Å². The molecule has 0 saturated carbocycles. The first-order valence-electron chi connectivity index (χ1n) is 10.4. The van der Waals surface area contributed by atoms with Crippen LogP contribution in [-0.2, 0) is 16.0 Å². The Morgan fingerprint density at radius 2 is 1.87 bits per heavy atom. The highest BCUT2D eigenvalue weighted by molar-refractivity contribution is 14.0. The summed E-state index contributed by atoms with van der Waals surface area (Å²) in [4.78, 5) is 27.6. The maximum atomic E-state index is 11.9. The van der Waals surface area contributed by atoms with Crippen LogP contribution >= 0.6 is 24.0 Å². The monoisotopic (exact) mass is 532 g/mol. The molecule has 0 bridgehead atoms. The minimum atomic E-state index is -0.236. The highest BCUT2D eigenvalue weighted by atomic mass is 127. The summed E-state index contributed by atoms with van der Waals surface area (Å²) in [5, 5.41) is 3.38. The number of nitrogens with one attached hydrogen (secondary N) is 1. The normalized spacial score (nSPS) is 17.4. The van der Waals surface area contributed by atoms with E-state index in [4.69, 9.17) is 14.5 Å². The van der Waals surface area contributed by atoms with Crippen molar-refractivity contribution in [1.29, 1.82) is 0 Å². The number of nitrogens with zero attached hydrogens (tertiary/aromatic N) is 5. The van der Waals surface area contributed by atoms with Crippen LogP contribution in [0.15, 0.2) is 23.3 Å². The maximum absolute atomic E-state index is 11.9. The predicted octanol–water partition coefficient (Wildman–Crippen LogP) is 1.78. The van der Waals surface area contributed by atoms with E-state index in [9.17, 15) is 4.79 Å². The van der Waals surface area contributed by atoms with Gasteiger partial charge in [0, 0.05) is 57.6 Å². The summed E-state index contributed by atoms with van der Waals surface area (Å²) in [6.45, 7) is 11.5. The molecule has 0 radical (unpaired) electrons. The van der Waals surface area contributed by atoms with E-state index in [0.29, 0.717) is 26.2 Å². The number of piperazine rings is 1. The fraction of sp³-hybridized carbons (Fsp3) is 0.650. The van der Waals surface area contributed by atoms with E-state index in [1.165, 1.54) is 0 Å². The van der Waals surface area contributed by atoms with E-state index >= 15 is 0 Å². The van der Waals surface area contributed by atoms with E-state index in [1.54, 1.807) is 4.90 Å². The van der Waals surface area contributed by atoms with E-state index in [1.807, 2.05) is 19.2 Å². The number of anilines is 1. The summed E-state index contributed by atoms with van der Waals surface area (Å²) in [6.07, 6.45) is 1.59. The van der Waals surface area contributed by atoms with Crippen LogP contribution in [0.3, 0.4) is 0 Å². The molecule has 10 heteroatoms. The highest BCUT2D eigenvalue weighted by Gasteiger charge is 2.24. The third kappa shape index (κ3) is 6.59. The van der Waals surface area contributed by atoms with Gasteiger partial charge in [0.1, 0.15) is 5.82 Å². The number of rotatable bonds is 5. The Labute approximate surface area is 195 Å². The summed E-state index contributed by atoms with van der Waals surface area (Å²) >= 11 is 0. The van der Waals surface area contributed by atoms with E-state index in [-0.39, 0.29) is 30.1 Å². The lowest BCUT2D eigenvalue weighted by Gasteiger charge is -2.36. The van der Waals surface area contributed by atoms with Crippen LogP contribution in [0.25, 0.3) is 0 Å². The van der Waals surface area contributed by atoms with Gasteiger partial charge in [-0.25, -0.2) is 14.8 Å². The van der Waals surface area contributed by atoms with Crippen LogP contribution in [0.5, 0.6) is 0 Å². The van der Waals surface area contributed by atoms with Crippen molar-refractivity contribution in [2.75, 3.05) is 70.5 Å². The molecule has 1 N–H and O–H groups in total. The number of aromatic nitrogens is 1. The number of amides is 1. The topological polar surface area (TPSA) is 82.5 Å². The van der Waals surface area contributed by atoms with Crippen molar-refractivity contribution in [1.82, 2.24) is 20.1 Å². The Morgan fingerprint density at radius 1 is 1.17 bits per heavy atom. The number of carbonyl (C=O) groups excluding carboxylic acids is 1. The van der Waals surface area contributed by atoms with Gasteiger partial charge in [-0.15, -0.1) is 24.0 Å². The Bertz CT molecular complexity index is 691. The van der Waals surface area contributed by atoms with Crippen molar-refractivity contribution < 1.29 is 14.3 Å². The average Bonchev–Trinajstić information content (AvgIpc) is 2.78. The van der Waals surface area contributed by atoms with E-state index in [0.717, 1.165) is 63.3 Å². The van der Waals surface area contributed by atoms with Crippen molar-refractivity contribution in [3.8, 4) is 0 Å². The molecule has 1 aromatic heterocycles. The summed E-state index contributed by atoms with van der Waals surface area (Å²) < 4.78 is 10.6. The summed E-state index contributed by atoms with van der Waals surface area (Å²) in [5.41, 5.74) is 1.11. The number of carbonyl (C=O) groups is 1. The van der Waals surface area contributed by atoms with Gasteiger partial charge >= 0.3 is 6.09 Å². The zero-order valence-electron chi connectivity index (χ0n) is 17.9. The van der Waals surface area contributed by atoms with Crippen LogP contribution in [0.4, 0.5) is 10.6 Å². The lowest BCUT2D eigenvalue weighted by Crippen LogP contribution is -2.53. The summed E-state index contributed by atoms with van der Waals surface area (Å²) in [7, 11) is 0. The predicted molar refractivity (Wildman–Crippen MR) is 128 cm³/mol. The van der Waals surface area contributed by atoms with Crippen LogP contribution in [-0.4, -0.2) is 92.5 Å². The number of hydrogen-bond donors (Lipinski definition) is 1. The first-order chi connectivity index (χ1) is 14.2. The van der Waals surface area contributed by atoms with Gasteiger partial charge in [0.2, 0.25) is 0 Å². The second-order valence-electron chi connectivity index (χ2n) is 6.93. The standard InChI is InChI=1S/C20H32N6O3.HI/c1-3-21-19(25-8-10-26(11-9-25)20(27)29-4-2)23-16-17-6-5-7-22-18(17)24-12-14-28-15-13-24;/h5-7H,3-4,8-16H2,1-2H3,(H,21,23);1H. The van der Waals surface area contributed by atoms with E-state index in [2.05, 4.69) is 33.1 Å². The molecule has 9 nitrogen and oxygen atoms in total. The molecule has 0 atom stereocenters. The third-order valence-corrected chi connectivity index (χ3v) is 5.02. The number of morpholine rings is 1. The van der Waals surface area contributed by atoms with Gasteiger partial charge in [0.05, 0.1) is 26.4 Å². The lowest BCUT2D eigenvalue weighted by molar-refractivity contribution is 0.0914. The largest absolute Gasteiger partial charge is 0.450 e. The van der Waals surface area contributed by atoms with Crippen molar-refractivity contribution in [2.45, 2.75) is 20.4 Å². The average molecular weight is 532 g/mol. The zero-order valence-corrected chi connectivity index (χ0v) is 20.2. The molecule has 0 spiro atoms. The number of guanidine groups is 1. The molecule has 1 aromatic rings. The third-order valence-electron chi connectivity index (χ3n) is 5.02. The van der Waals surface area contributed by atoms with Crippen molar-refractivity contribution in [3.63, 3.8) is 0 Å². The molecule has 30 heavy (non-hydrogen) atoms. The minimum Gasteiger partial charge on any atom is -0.450 e. The molecule has 3 rings (SSSR count). The Hall–Kier alpha value is -1.82. The highest BCUT2D eigenvalue weighted by Crippen LogP contribution is 2.19. The molecular formula is C20H33IN6O3. The van der Waals surface area contributed by atoms with Gasteiger partial charge in [-0.05, 0) is 19.9 Å². The van der Waals surface area contributed by atoms with Crippen molar-refractivity contribution in [2.24, 2.45) is 4.99 Å². The smallest absolute Gasteiger partial charge is 0.409 e. The molecule has 0 aliphatic carbocycles. The lowest BCUT2D eigenvalue weighted by atomic mass is 10.2. The van der Waals surface area contributed by atoms with Gasteiger partial charge in [-0.2, -0.15) is 0 Å². The maximum Gasteiger partial charge on any atom is 0.409 e. The van der Waals surface area contributed by atoms with Crippen LogP contribution in [0, 0.1) is 0 Å². The second-order valence-corrected chi connectivity index (χ2v) is 6.93. The number of hydrogen-bond acceptors (Lipinski definition) is 6. The van der Waals surface area contributed by atoms with Crippen LogP contribution in [0.2, 0.25) is 0 Å². The number of pyridine rings is 1. The fourth-order valence-electron chi connectivity index (χ4n) is 3.52. The van der Waals surface area contributed by atoms with Gasteiger partial charge in [-0.1, -0.05) is 6.07 Å². The molecule has 0 unspecified atom stereocenters. The molecule has 168 valence electrons. The van der Waals surface area contributed by atoms with Gasteiger partial charge in [0.25, 0.3) is 0 Å². The molecule has 2 fully saturated rings. The molecule has 3 heterocycles. The zero-order chi connectivity index (χ0) is 20.5. The second kappa shape index (κ2) is 12.8. The summed E-state index contributed by atoms with van der Waals surface area (Å²) in [6, 6.07) is 4.05. The summed E-state index contributed by atoms with van der Waals surface area (Å²) in [5.74, 6) is 1.86.